The van der Waals surface area contributed by atoms with Crippen molar-refractivity contribution >= 4 is 44.4 Å². The Labute approximate surface area is 181 Å². The fourth-order valence-corrected chi connectivity index (χ4v) is 4.71. The van der Waals surface area contributed by atoms with Crippen molar-refractivity contribution in [2.24, 2.45) is 0 Å². The Morgan fingerprint density at radius 2 is 1.76 bits per heavy atom. The molecular weight excluding hydrogens is 398 g/mol. The van der Waals surface area contributed by atoms with Crippen molar-refractivity contribution in [3.63, 3.8) is 0 Å². The Hall–Kier alpha value is -1.89. The number of hydrogen-bond acceptors (Lipinski definition) is 5. The molecule has 0 saturated heterocycles. The molecule has 0 radical (unpaired) electrons. The Balaban J connectivity index is 1.94. The van der Waals surface area contributed by atoms with Gasteiger partial charge in [-0.15, -0.1) is 11.8 Å². The molecule has 0 saturated carbocycles. The van der Waals surface area contributed by atoms with Crippen LogP contribution in [0.2, 0.25) is 0 Å². The Morgan fingerprint density at radius 1 is 1.03 bits per heavy atom. The summed E-state index contributed by atoms with van der Waals surface area (Å²) >= 11 is 3.28. The number of carbonyl (C=O) groups is 1. The van der Waals surface area contributed by atoms with Crippen LogP contribution in [0.1, 0.15) is 36.7 Å². The highest BCUT2D eigenvalue weighted by Gasteiger charge is 2.22. The van der Waals surface area contributed by atoms with E-state index in [0.29, 0.717) is 12.1 Å². The normalized spacial score (nSPS) is 11.3. The minimum Gasteiger partial charge on any atom is -0.302 e. The van der Waals surface area contributed by atoms with Gasteiger partial charge in [-0.05, 0) is 67.7 Å². The van der Waals surface area contributed by atoms with Crippen molar-refractivity contribution in [3.8, 4) is 0 Å². The van der Waals surface area contributed by atoms with E-state index in [-0.39, 0.29) is 5.91 Å². The molecule has 0 aliphatic heterocycles. The molecule has 1 amide bonds. The van der Waals surface area contributed by atoms with Gasteiger partial charge in [0, 0.05) is 23.5 Å². The van der Waals surface area contributed by atoms with Gasteiger partial charge in [0.2, 0.25) is 0 Å². The fraction of sp³-hybridized carbons (Fsp3) is 0.391. The van der Waals surface area contributed by atoms with E-state index in [9.17, 15) is 4.79 Å². The molecule has 154 valence electrons. The van der Waals surface area contributed by atoms with E-state index in [1.54, 1.807) is 23.1 Å². The smallest absolute Gasteiger partial charge is 0.260 e. The van der Waals surface area contributed by atoms with Crippen LogP contribution in [-0.4, -0.2) is 48.2 Å². The zero-order chi connectivity index (χ0) is 20.8. The number of likely N-dealkylation sites (N-methyl/N-ethyl adjacent to an activating group) is 1. The second kappa shape index (κ2) is 10.2. The monoisotopic (exact) mass is 427 g/mol. The van der Waals surface area contributed by atoms with Crippen LogP contribution in [0.5, 0.6) is 0 Å². The number of thioether (sulfide) groups is 1. The van der Waals surface area contributed by atoms with Crippen molar-refractivity contribution in [1.29, 1.82) is 0 Å². The van der Waals surface area contributed by atoms with E-state index >= 15 is 0 Å². The summed E-state index contributed by atoms with van der Waals surface area (Å²) in [6.45, 7) is 9.87. The van der Waals surface area contributed by atoms with Gasteiger partial charge in [-0.25, -0.2) is 4.98 Å². The maximum Gasteiger partial charge on any atom is 0.260 e. The number of carbonyl (C=O) groups excluding carboxylic acids is 1. The third kappa shape index (κ3) is 5.18. The average Bonchev–Trinajstić information content (AvgIpc) is 3.19. The molecule has 1 heterocycles. The zero-order valence-electron chi connectivity index (χ0n) is 17.6. The van der Waals surface area contributed by atoms with Gasteiger partial charge in [0.05, 0.1) is 10.2 Å². The number of nitrogens with zero attached hydrogens (tertiary/aromatic N) is 3. The van der Waals surface area contributed by atoms with Crippen molar-refractivity contribution in [3.05, 3.63) is 53.6 Å². The van der Waals surface area contributed by atoms with E-state index in [4.69, 9.17) is 4.98 Å². The van der Waals surface area contributed by atoms with Crippen LogP contribution < -0.4 is 4.90 Å². The molecule has 6 heteroatoms. The number of benzene rings is 2. The minimum absolute atomic E-state index is 0.0135. The molecule has 0 fully saturated rings. The van der Waals surface area contributed by atoms with Gasteiger partial charge in [-0.1, -0.05) is 38.2 Å². The number of fused-ring (bicyclic) bond motifs is 1. The molecule has 0 aliphatic rings. The van der Waals surface area contributed by atoms with Gasteiger partial charge in [-0.3, -0.25) is 9.69 Å². The Bertz CT molecular complexity index is 948. The number of aryl methyl sites for hydroxylation is 1. The fourth-order valence-electron chi connectivity index (χ4n) is 3.25. The van der Waals surface area contributed by atoms with E-state index in [0.717, 1.165) is 46.3 Å². The van der Waals surface area contributed by atoms with Gasteiger partial charge in [0.25, 0.3) is 5.91 Å². The van der Waals surface area contributed by atoms with E-state index in [1.165, 1.54) is 5.56 Å². The number of aromatic nitrogens is 1. The first-order valence-electron chi connectivity index (χ1n) is 10.2. The van der Waals surface area contributed by atoms with Gasteiger partial charge in [-0.2, -0.15) is 0 Å². The summed E-state index contributed by atoms with van der Waals surface area (Å²) in [6.07, 6.45) is 3.04. The second-order valence-corrected chi connectivity index (χ2v) is 8.75. The molecular formula is C23H29N3OS2. The second-order valence-electron chi connectivity index (χ2n) is 6.86. The summed E-state index contributed by atoms with van der Waals surface area (Å²) in [4.78, 5) is 23.5. The van der Waals surface area contributed by atoms with Crippen LogP contribution >= 0.6 is 23.1 Å². The first-order chi connectivity index (χ1) is 14.1. The van der Waals surface area contributed by atoms with Gasteiger partial charge in [0.1, 0.15) is 0 Å². The highest BCUT2D eigenvalue weighted by atomic mass is 32.2. The summed E-state index contributed by atoms with van der Waals surface area (Å²) in [5.74, 6) is 0.0135. The SMILES string of the molecule is CCc1ccc2nc(N(CCN(CC)CC)C(=O)c3ccc(SC)cc3)sc2c1. The lowest BCUT2D eigenvalue weighted by Gasteiger charge is -2.24. The van der Waals surface area contributed by atoms with E-state index < -0.39 is 0 Å². The molecule has 0 N–H and O–H groups in total. The van der Waals surface area contributed by atoms with Crippen molar-refractivity contribution < 1.29 is 4.79 Å². The first kappa shape index (κ1) is 21.8. The Morgan fingerprint density at radius 3 is 2.38 bits per heavy atom. The van der Waals surface area contributed by atoms with Crippen LogP contribution in [0.15, 0.2) is 47.4 Å². The van der Waals surface area contributed by atoms with Crippen LogP contribution in [0.25, 0.3) is 10.2 Å². The molecule has 0 bridgehead atoms. The number of amides is 1. The van der Waals surface area contributed by atoms with E-state index in [2.05, 4.69) is 43.9 Å². The third-order valence-electron chi connectivity index (χ3n) is 5.20. The highest BCUT2D eigenvalue weighted by Crippen LogP contribution is 2.31. The highest BCUT2D eigenvalue weighted by molar-refractivity contribution is 7.98. The van der Waals surface area contributed by atoms with Crippen LogP contribution in [0, 0.1) is 0 Å². The number of thiazole rings is 1. The van der Waals surface area contributed by atoms with Crippen LogP contribution in [0.4, 0.5) is 5.13 Å². The lowest BCUT2D eigenvalue weighted by atomic mass is 10.2. The van der Waals surface area contributed by atoms with Gasteiger partial charge >= 0.3 is 0 Å². The average molecular weight is 428 g/mol. The topological polar surface area (TPSA) is 36.4 Å². The molecule has 0 spiro atoms. The molecule has 0 atom stereocenters. The van der Waals surface area contributed by atoms with E-state index in [1.807, 2.05) is 35.4 Å². The predicted octanol–water partition coefficient (Wildman–Crippen LogP) is 5.57. The molecule has 2 aromatic carbocycles. The maximum atomic E-state index is 13.4. The zero-order valence-corrected chi connectivity index (χ0v) is 19.3. The lowest BCUT2D eigenvalue weighted by molar-refractivity contribution is 0.0983. The summed E-state index contributed by atoms with van der Waals surface area (Å²) < 4.78 is 1.14. The van der Waals surface area contributed by atoms with Crippen LogP contribution in [-0.2, 0) is 6.42 Å². The largest absolute Gasteiger partial charge is 0.302 e. The molecule has 29 heavy (non-hydrogen) atoms. The molecule has 4 nitrogen and oxygen atoms in total. The minimum atomic E-state index is 0.0135. The standard InChI is InChI=1S/C23H29N3OS2/c1-5-17-8-13-20-21(16-17)29-23(24-20)26(15-14-25(6-2)7-3)22(27)18-9-11-19(28-4)12-10-18/h8-13,16H,5-7,14-15H2,1-4H3. The van der Waals surface area contributed by atoms with Crippen LogP contribution in [0.3, 0.4) is 0 Å². The molecule has 3 aromatic rings. The summed E-state index contributed by atoms with van der Waals surface area (Å²) in [7, 11) is 0. The Kier molecular flexibility index (Phi) is 7.70. The summed E-state index contributed by atoms with van der Waals surface area (Å²) in [5, 5.41) is 0.777. The number of hydrogen-bond donors (Lipinski definition) is 0. The molecule has 1 aromatic heterocycles. The third-order valence-corrected chi connectivity index (χ3v) is 6.98. The van der Waals surface area contributed by atoms with Crippen molar-refractivity contribution in [2.75, 3.05) is 37.3 Å². The summed E-state index contributed by atoms with van der Waals surface area (Å²) in [5.41, 5.74) is 2.96. The quantitative estimate of drug-likeness (QED) is 0.418. The molecule has 0 unspecified atom stereocenters. The first-order valence-corrected chi connectivity index (χ1v) is 12.2. The van der Waals surface area contributed by atoms with Crippen molar-refractivity contribution in [2.45, 2.75) is 32.1 Å². The predicted molar refractivity (Wildman–Crippen MR) is 127 cm³/mol. The van der Waals surface area contributed by atoms with Gasteiger partial charge in [0.15, 0.2) is 5.13 Å². The molecule has 3 rings (SSSR count). The van der Waals surface area contributed by atoms with Crippen molar-refractivity contribution in [1.82, 2.24) is 9.88 Å². The lowest BCUT2D eigenvalue weighted by Crippen LogP contribution is -2.38. The number of rotatable bonds is 9. The number of anilines is 1. The van der Waals surface area contributed by atoms with Gasteiger partial charge < -0.3 is 4.90 Å². The molecule has 0 aliphatic carbocycles. The maximum absolute atomic E-state index is 13.4. The summed E-state index contributed by atoms with van der Waals surface area (Å²) in [6, 6.07) is 14.2.